The Labute approximate surface area is 325 Å². The minimum atomic E-state index is 0.355. The molecule has 1 aromatic heterocycles. The van der Waals surface area contributed by atoms with Crippen LogP contribution >= 0.6 is 22.6 Å². The summed E-state index contributed by atoms with van der Waals surface area (Å²) in [6, 6.07) is 17.5. The zero-order chi connectivity index (χ0) is 38.1. The van der Waals surface area contributed by atoms with E-state index in [0.29, 0.717) is 91.2 Å². The van der Waals surface area contributed by atoms with Crippen LogP contribution in [-0.2, 0) is 48.1 Å². The molecule has 6 N–H and O–H groups in total. The summed E-state index contributed by atoms with van der Waals surface area (Å²) in [5.74, 6) is 2.37. The minimum absolute atomic E-state index is 0.355. The number of ether oxygens (including phenoxy) is 6. The highest BCUT2D eigenvalue weighted by Crippen LogP contribution is 2.17. The molecule has 13 nitrogen and oxygen atoms in total. The van der Waals surface area contributed by atoms with Gasteiger partial charge in [-0.05, 0) is 84.9 Å². The molecule has 1 aliphatic rings. The first kappa shape index (κ1) is 47.5. The van der Waals surface area contributed by atoms with Crippen molar-refractivity contribution in [2.75, 3.05) is 87.8 Å². The quantitative estimate of drug-likeness (QED) is 0.0744. The molecule has 2 atom stereocenters. The highest BCUT2D eigenvalue weighted by molar-refractivity contribution is 14.1. The maximum atomic E-state index is 5.58. The van der Waals surface area contributed by atoms with E-state index in [9.17, 15) is 0 Å². The molecule has 0 bridgehead atoms. The number of rotatable bonds is 20. The molecule has 2 aromatic carbocycles. The Balaban J connectivity index is 0.000000379. The van der Waals surface area contributed by atoms with Crippen LogP contribution in [0.5, 0.6) is 0 Å². The molecule has 1 heterocycles. The summed E-state index contributed by atoms with van der Waals surface area (Å²) in [5.41, 5.74) is 15.0. The molecule has 3 aromatic rings. The van der Waals surface area contributed by atoms with Gasteiger partial charge in [-0.3, -0.25) is 0 Å². The molecule has 52 heavy (non-hydrogen) atoms. The van der Waals surface area contributed by atoms with E-state index in [-0.39, 0.29) is 0 Å². The lowest BCUT2D eigenvalue weighted by Gasteiger charge is -2.30. The van der Waals surface area contributed by atoms with Crippen molar-refractivity contribution in [3.8, 4) is 18.0 Å². The van der Waals surface area contributed by atoms with Gasteiger partial charge in [0, 0.05) is 43.0 Å². The maximum absolute atomic E-state index is 5.58. The number of nitrogens with one attached hydrogen (secondary N) is 2. The first-order chi connectivity index (χ1) is 25.5. The number of hydrogen-bond donors (Lipinski definition) is 4. The van der Waals surface area contributed by atoms with Gasteiger partial charge in [0.25, 0.3) is 0 Å². The number of methoxy groups -OCH3 is 2. The summed E-state index contributed by atoms with van der Waals surface area (Å²) in [6.45, 7) is 6.51. The monoisotopic (exact) mass is 839 g/mol. The molecule has 1 fully saturated rings. The van der Waals surface area contributed by atoms with Crippen LogP contribution in [0.25, 0.3) is 5.69 Å². The Morgan fingerprint density at radius 2 is 1.23 bits per heavy atom. The van der Waals surface area contributed by atoms with Crippen LogP contribution in [0.3, 0.4) is 0 Å². The molecule has 4 rings (SSSR count). The lowest BCUT2D eigenvalue weighted by atomic mass is 9.91. The van der Waals surface area contributed by atoms with Crippen molar-refractivity contribution in [3.63, 3.8) is 0 Å². The molecular weight excluding hydrogens is 777 g/mol. The van der Waals surface area contributed by atoms with Gasteiger partial charge >= 0.3 is 0 Å². The van der Waals surface area contributed by atoms with Gasteiger partial charge in [0.1, 0.15) is 12.3 Å². The van der Waals surface area contributed by atoms with E-state index in [0.717, 1.165) is 16.9 Å². The number of hydrogen-bond acceptors (Lipinski definition) is 12. The lowest BCUT2D eigenvalue weighted by Crippen LogP contribution is -2.47. The van der Waals surface area contributed by atoms with Crippen LogP contribution < -0.4 is 22.1 Å². The molecule has 0 aliphatic heterocycles. The van der Waals surface area contributed by atoms with Gasteiger partial charge in [-0.1, -0.05) is 48.2 Å². The maximum Gasteiger partial charge on any atom is 0.109 e. The van der Waals surface area contributed by atoms with Gasteiger partial charge in [-0.25, -0.2) is 4.68 Å². The molecule has 0 spiro atoms. The SMILES string of the molecule is C#CCOCCOCCOC.CN[C@H]1CCCC[C@@H]1NC.COCCOCCOCc1cn(-c2ccc(CN)cc2)nn1.NCc1ccc(I)cc1. The summed E-state index contributed by atoms with van der Waals surface area (Å²) in [5, 5.41) is 14.9. The molecular formula is C38H62IN7O6. The third-order valence-corrected chi connectivity index (χ3v) is 8.40. The Morgan fingerprint density at radius 1 is 0.750 bits per heavy atom. The summed E-state index contributed by atoms with van der Waals surface area (Å²) in [7, 11) is 7.39. The van der Waals surface area contributed by atoms with E-state index in [4.69, 9.17) is 46.3 Å². The molecule has 0 amide bonds. The fourth-order valence-corrected chi connectivity index (χ4v) is 5.11. The van der Waals surface area contributed by atoms with Gasteiger partial charge in [0.05, 0.1) is 71.3 Å². The predicted octanol–water partition coefficient (Wildman–Crippen LogP) is 3.69. The van der Waals surface area contributed by atoms with Gasteiger partial charge in [0.2, 0.25) is 0 Å². The highest BCUT2D eigenvalue weighted by atomic mass is 127. The second kappa shape index (κ2) is 33.1. The van der Waals surface area contributed by atoms with Crippen LogP contribution in [0.4, 0.5) is 0 Å². The van der Waals surface area contributed by atoms with Crippen molar-refractivity contribution in [1.82, 2.24) is 25.6 Å². The van der Waals surface area contributed by atoms with Gasteiger partial charge < -0.3 is 50.5 Å². The molecule has 0 radical (unpaired) electrons. The number of benzene rings is 2. The molecule has 0 saturated heterocycles. The van der Waals surface area contributed by atoms with E-state index in [1.54, 1.807) is 18.9 Å². The second-order valence-corrected chi connectivity index (χ2v) is 12.7. The average molecular weight is 840 g/mol. The smallest absolute Gasteiger partial charge is 0.109 e. The Hall–Kier alpha value is -2.53. The first-order valence-corrected chi connectivity index (χ1v) is 18.8. The summed E-state index contributed by atoms with van der Waals surface area (Å²) in [4.78, 5) is 0. The third-order valence-electron chi connectivity index (χ3n) is 7.68. The number of halogens is 1. The van der Waals surface area contributed by atoms with Crippen LogP contribution in [0.2, 0.25) is 0 Å². The van der Waals surface area contributed by atoms with Crippen LogP contribution in [0.15, 0.2) is 54.7 Å². The first-order valence-electron chi connectivity index (χ1n) is 17.7. The average Bonchev–Trinajstić information content (AvgIpc) is 3.67. The number of terminal acetylenes is 1. The Morgan fingerprint density at radius 3 is 1.71 bits per heavy atom. The van der Waals surface area contributed by atoms with Crippen molar-refractivity contribution in [2.24, 2.45) is 11.5 Å². The standard InChI is InChI=1S/C15H22N4O3.C8H18N2.C8H14O3.C7H8IN/c1-20-6-7-21-8-9-22-12-14-11-19(18-17-14)15-4-2-13(10-16)3-5-15;1-9-7-5-3-4-6-8(7)10-2;1-3-4-10-7-8-11-6-5-9-2;8-7-3-1-6(5-9)2-4-7/h2-5,11H,6-10,12,16H2,1H3;7-10H,3-6H2,1-2H3;1H,4-8H2,2H3;1-4H,5,9H2/t;7-,8-;;/m.0../s1. The number of nitrogens with zero attached hydrogens (tertiary/aromatic N) is 3. The summed E-state index contributed by atoms with van der Waals surface area (Å²) in [6.07, 6.45) is 12.3. The number of aromatic nitrogens is 3. The second-order valence-electron chi connectivity index (χ2n) is 11.5. The minimum Gasteiger partial charge on any atom is -0.382 e. The fraction of sp³-hybridized carbons (Fsp3) is 0.579. The van der Waals surface area contributed by atoms with Crippen molar-refractivity contribution in [1.29, 1.82) is 0 Å². The number of nitrogens with two attached hydrogens (primary N) is 2. The van der Waals surface area contributed by atoms with Crippen LogP contribution in [-0.4, -0.2) is 115 Å². The molecule has 14 heteroatoms. The fourth-order valence-electron chi connectivity index (χ4n) is 4.75. The van der Waals surface area contributed by atoms with E-state index in [1.165, 1.54) is 34.8 Å². The molecule has 1 saturated carbocycles. The van der Waals surface area contributed by atoms with E-state index < -0.39 is 0 Å². The van der Waals surface area contributed by atoms with Gasteiger partial charge in [-0.2, -0.15) is 0 Å². The predicted molar refractivity (Wildman–Crippen MR) is 215 cm³/mol. The topological polar surface area (TPSA) is 162 Å². The van der Waals surface area contributed by atoms with Gasteiger partial charge in [-0.15, -0.1) is 11.5 Å². The summed E-state index contributed by atoms with van der Waals surface area (Å²) < 4.78 is 33.5. The van der Waals surface area contributed by atoms with Crippen LogP contribution in [0.1, 0.15) is 42.5 Å². The highest BCUT2D eigenvalue weighted by Gasteiger charge is 2.21. The third kappa shape index (κ3) is 23.2. The van der Waals surface area contributed by atoms with Crippen molar-refractivity contribution in [3.05, 3.63) is 75.1 Å². The summed E-state index contributed by atoms with van der Waals surface area (Å²) >= 11 is 2.27. The zero-order valence-electron chi connectivity index (χ0n) is 31.6. The van der Waals surface area contributed by atoms with Crippen molar-refractivity contribution < 1.29 is 28.4 Å². The van der Waals surface area contributed by atoms with E-state index in [2.05, 4.69) is 75.7 Å². The zero-order valence-corrected chi connectivity index (χ0v) is 33.7. The largest absolute Gasteiger partial charge is 0.382 e. The van der Waals surface area contributed by atoms with Crippen molar-refractivity contribution in [2.45, 2.75) is 57.5 Å². The molecule has 0 unspecified atom stereocenters. The van der Waals surface area contributed by atoms with Crippen LogP contribution in [0, 0.1) is 15.9 Å². The molecule has 1 aliphatic carbocycles. The molecule has 292 valence electrons. The number of likely N-dealkylation sites (N-methyl/N-ethyl adjacent to an activating group) is 2. The van der Waals surface area contributed by atoms with E-state index in [1.807, 2.05) is 42.6 Å². The normalized spacial score (nSPS) is 14.9. The lowest BCUT2D eigenvalue weighted by molar-refractivity contribution is 0.0192. The Kier molecular flexibility index (Phi) is 30.2. The van der Waals surface area contributed by atoms with Gasteiger partial charge in [0.15, 0.2) is 0 Å². The Bertz CT molecular complexity index is 1270. The van der Waals surface area contributed by atoms with Crippen molar-refractivity contribution >= 4 is 22.6 Å². The van der Waals surface area contributed by atoms with E-state index >= 15 is 0 Å².